The standard InChI is InChI=1S/C16H18F2N2/c1-3-19-16(15-6-4-5-11(2)20-15)9-12-7-8-13(17)10-14(12)18/h4-8,10,16,19H,3,9H2,1-2H3. The summed E-state index contributed by atoms with van der Waals surface area (Å²) >= 11 is 0. The number of rotatable bonds is 5. The first-order chi connectivity index (χ1) is 9.60. The number of aryl methyl sites for hydroxylation is 1. The molecule has 1 aromatic carbocycles. The number of benzene rings is 1. The molecule has 0 amide bonds. The third kappa shape index (κ3) is 3.61. The molecule has 0 aliphatic carbocycles. The summed E-state index contributed by atoms with van der Waals surface area (Å²) in [6.07, 6.45) is 0.441. The molecule has 0 bridgehead atoms. The van der Waals surface area contributed by atoms with Gasteiger partial charge in [0.15, 0.2) is 0 Å². The molecule has 1 unspecified atom stereocenters. The number of aromatic nitrogens is 1. The molecular formula is C16H18F2N2. The summed E-state index contributed by atoms with van der Waals surface area (Å²) < 4.78 is 26.7. The molecule has 20 heavy (non-hydrogen) atoms. The average Bonchev–Trinajstić information content (AvgIpc) is 2.41. The van der Waals surface area contributed by atoms with E-state index < -0.39 is 11.6 Å². The van der Waals surface area contributed by atoms with Crippen molar-refractivity contribution in [1.29, 1.82) is 0 Å². The van der Waals surface area contributed by atoms with Crippen molar-refractivity contribution in [2.24, 2.45) is 0 Å². The summed E-state index contributed by atoms with van der Waals surface area (Å²) in [5.41, 5.74) is 2.28. The van der Waals surface area contributed by atoms with Gasteiger partial charge in [-0.1, -0.05) is 19.1 Å². The predicted molar refractivity (Wildman–Crippen MR) is 75.5 cm³/mol. The van der Waals surface area contributed by atoms with E-state index in [2.05, 4.69) is 10.3 Å². The van der Waals surface area contributed by atoms with Gasteiger partial charge in [-0.2, -0.15) is 0 Å². The summed E-state index contributed by atoms with van der Waals surface area (Å²) in [7, 11) is 0. The summed E-state index contributed by atoms with van der Waals surface area (Å²) in [6, 6.07) is 9.38. The van der Waals surface area contributed by atoms with Crippen LogP contribution in [-0.2, 0) is 6.42 Å². The summed E-state index contributed by atoms with van der Waals surface area (Å²) in [5.74, 6) is -1.07. The van der Waals surface area contributed by atoms with Crippen LogP contribution >= 0.6 is 0 Å². The van der Waals surface area contributed by atoms with E-state index in [0.717, 1.165) is 24.0 Å². The van der Waals surface area contributed by atoms with Crippen LogP contribution in [0, 0.1) is 18.6 Å². The van der Waals surface area contributed by atoms with E-state index in [4.69, 9.17) is 0 Å². The molecule has 1 atom stereocenters. The summed E-state index contributed by atoms with van der Waals surface area (Å²) in [5, 5.41) is 3.29. The van der Waals surface area contributed by atoms with Gasteiger partial charge in [0.05, 0.1) is 11.7 Å². The molecule has 0 aliphatic heterocycles. The van der Waals surface area contributed by atoms with Crippen LogP contribution in [0.3, 0.4) is 0 Å². The zero-order valence-corrected chi connectivity index (χ0v) is 11.7. The summed E-state index contributed by atoms with van der Waals surface area (Å²) in [6.45, 7) is 4.66. The molecule has 0 fully saturated rings. The minimum atomic E-state index is -0.556. The Bertz CT molecular complexity index is 584. The molecule has 2 aromatic rings. The second-order valence-electron chi connectivity index (χ2n) is 4.75. The van der Waals surface area contributed by atoms with Gasteiger partial charge in [0.1, 0.15) is 11.6 Å². The first-order valence-electron chi connectivity index (χ1n) is 6.71. The van der Waals surface area contributed by atoms with Crippen LogP contribution in [0.1, 0.15) is 29.9 Å². The lowest BCUT2D eigenvalue weighted by Gasteiger charge is -2.18. The lowest BCUT2D eigenvalue weighted by molar-refractivity contribution is 0.512. The Hall–Kier alpha value is -1.81. The Morgan fingerprint density at radius 2 is 2.00 bits per heavy atom. The van der Waals surface area contributed by atoms with Crippen molar-refractivity contribution in [3.63, 3.8) is 0 Å². The highest BCUT2D eigenvalue weighted by Crippen LogP contribution is 2.19. The lowest BCUT2D eigenvalue weighted by Crippen LogP contribution is -2.24. The highest BCUT2D eigenvalue weighted by atomic mass is 19.1. The van der Waals surface area contributed by atoms with Gasteiger partial charge >= 0.3 is 0 Å². The molecule has 2 nitrogen and oxygen atoms in total. The molecule has 0 spiro atoms. The van der Waals surface area contributed by atoms with Crippen LogP contribution in [-0.4, -0.2) is 11.5 Å². The van der Waals surface area contributed by atoms with Crippen molar-refractivity contribution in [2.45, 2.75) is 26.3 Å². The zero-order chi connectivity index (χ0) is 14.5. The minimum Gasteiger partial charge on any atom is -0.309 e. The number of hydrogen-bond donors (Lipinski definition) is 1. The topological polar surface area (TPSA) is 24.9 Å². The van der Waals surface area contributed by atoms with Crippen molar-refractivity contribution in [2.75, 3.05) is 6.54 Å². The first-order valence-corrected chi connectivity index (χ1v) is 6.71. The maximum atomic E-state index is 13.8. The Kier molecular flexibility index (Phi) is 4.79. The second kappa shape index (κ2) is 6.57. The molecular weight excluding hydrogens is 258 g/mol. The highest BCUT2D eigenvalue weighted by Gasteiger charge is 2.15. The van der Waals surface area contributed by atoms with Crippen molar-refractivity contribution in [3.8, 4) is 0 Å². The van der Waals surface area contributed by atoms with Crippen LogP contribution in [0.5, 0.6) is 0 Å². The maximum Gasteiger partial charge on any atom is 0.129 e. The average molecular weight is 276 g/mol. The molecule has 0 aliphatic rings. The molecule has 4 heteroatoms. The number of nitrogens with one attached hydrogen (secondary N) is 1. The summed E-state index contributed by atoms with van der Waals surface area (Å²) in [4.78, 5) is 4.48. The molecule has 2 rings (SSSR count). The molecule has 1 N–H and O–H groups in total. The number of nitrogens with zero attached hydrogens (tertiary/aromatic N) is 1. The normalized spacial score (nSPS) is 12.4. The van der Waals surface area contributed by atoms with Crippen LogP contribution in [0.15, 0.2) is 36.4 Å². The number of hydrogen-bond acceptors (Lipinski definition) is 2. The van der Waals surface area contributed by atoms with Gasteiger partial charge in [0.2, 0.25) is 0 Å². The Morgan fingerprint density at radius 3 is 2.65 bits per heavy atom. The van der Waals surface area contributed by atoms with E-state index in [9.17, 15) is 8.78 Å². The van der Waals surface area contributed by atoms with Crippen LogP contribution in [0.4, 0.5) is 8.78 Å². The number of pyridine rings is 1. The SMILES string of the molecule is CCNC(Cc1ccc(F)cc1F)c1cccc(C)n1. The number of likely N-dealkylation sites (N-methyl/N-ethyl adjacent to an activating group) is 1. The minimum absolute atomic E-state index is 0.0835. The fraction of sp³-hybridized carbons (Fsp3) is 0.312. The van der Waals surface area contributed by atoms with E-state index in [1.165, 1.54) is 12.1 Å². The van der Waals surface area contributed by atoms with Crippen molar-refractivity contribution >= 4 is 0 Å². The van der Waals surface area contributed by atoms with Gasteiger partial charge in [-0.3, -0.25) is 4.98 Å². The first kappa shape index (κ1) is 14.6. The van der Waals surface area contributed by atoms with Crippen molar-refractivity contribution < 1.29 is 8.78 Å². The van der Waals surface area contributed by atoms with Gasteiger partial charge in [-0.25, -0.2) is 8.78 Å². The monoisotopic (exact) mass is 276 g/mol. The highest BCUT2D eigenvalue weighted by molar-refractivity contribution is 5.22. The Labute approximate surface area is 117 Å². The molecule has 1 heterocycles. The third-order valence-corrected chi connectivity index (χ3v) is 3.16. The van der Waals surface area contributed by atoms with E-state index in [1.807, 2.05) is 32.0 Å². The van der Waals surface area contributed by atoms with Crippen LogP contribution in [0.2, 0.25) is 0 Å². The van der Waals surface area contributed by atoms with Crippen molar-refractivity contribution in [1.82, 2.24) is 10.3 Å². The third-order valence-electron chi connectivity index (χ3n) is 3.16. The zero-order valence-electron chi connectivity index (χ0n) is 11.7. The van der Waals surface area contributed by atoms with Gasteiger partial charge in [0.25, 0.3) is 0 Å². The molecule has 0 saturated carbocycles. The van der Waals surface area contributed by atoms with Gasteiger partial charge in [-0.15, -0.1) is 0 Å². The molecule has 1 aromatic heterocycles. The lowest BCUT2D eigenvalue weighted by atomic mass is 10.0. The molecule has 0 saturated heterocycles. The fourth-order valence-electron chi connectivity index (χ4n) is 2.19. The Balaban J connectivity index is 2.25. The van der Waals surface area contributed by atoms with Gasteiger partial charge in [-0.05, 0) is 43.7 Å². The fourth-order valence-corrected chi connectivity index (χ4v) is 2.19. The van der Waals surface area contributed by atoms with Crippen molar-refractivity contribution in [3.05, 3.63) is 65.0 Å². The van der Waals surface area contributed by atoms with E-state index in [-0.39, 0.29) is 6.04 Å². The Morgan fingerprint density at radius 1 is 1.20 bits per heavy atom. The molecule has 0 radical (unpaired) electrons. The van der Waals surface area contributed by atoms with E-state index in [1.54, 1.807) is 0 Å². The van der Waals surface area contributed by atoms with Gasteiger partial charge < -0.3 is 5.32 Å². The van der Waals surface area contributed by atoms with Gasteiger partial charge in [0, 0.05) is 11.8 Å². The largest absolute Gasteiger partial charge is 0.309 e. The van der Waals surface area contributed by atoms with Crippen LogP contribution in [0.25, 0.3) is 0 Å². The maximum absolute atomic E-state index is 13.8. The quantitative estimate of drug-likeness (QED) is 0.903. The predicted octanol–water partition coefficient (Wildman–Crippen LogP) is 3.56. The van der Waals surface area contributed by atoms with Crippen LogP contribution < -0.4 is 5.32 Å². The second-order valence-corrected chi connectivity index (χ2v) is 4.75. The van der Waals surface area contributed by atoms with E-state index in [0.29, 0.717) is 12.0 Å². The van der Waals surface area contributed by atoms with E-state index >= 15 is 0 Å². The molecule has 106 valence electrons. The number of halogens is 2. The smallest absolute Gasteiger partial charge is 0.129 e.